The maximum absolute atomic E-state index is 13.8. The predicted molar refractivity (Wildman–Crippen MR) is 145 cm³/mol. The molecular weight excluding hydrogens is 502 g/mol. The number of imidazole rings is 1. The van der Waals surface area contributed by atoms with Gasteiger partial charge in [-0.15, -0.1) is 0 Å². The van der Waals surface area contributed by atoms with Gasteiger partial charge in [0.25, 0.3) is 0 Å². The Kier molecular flexibility index (Phi) is 7.88. The lowest BCUT2D eigenvalue weighted by atomic mass is 10.0. The summed E-state index contributed by atoms with van der Waals surface area (Å²) in [6.07, 6.45) is 6.79. The lowest BCUT2D eigenvalue weighted by molar-refractivity contribution is -0.160. The highest BCUT2D eigenvalue weighted by Gasteiger charge is 2.29. The number of halogens is 2. The number of carbonyl (C=O) groups excluding carboxylic acids is 1. The van der Waals surface area contributed by atoms with E-state index in [1.165, 1.54) is 24.3 Å². The molecule has 7 nitrogen and oxygen atoms in total. The number of ether oxygens (including phenoxy) is 1. The number of nitrogens with zero attached hydrogens (tertiary/aromatic N) is 3. The maximum Gasteiger partial charge on any atom is 0.308 e. The molecule has 3 atom stereocenters. The molecule has 3 aromatic rings. The largest absolute Gasteiger partial charge is 0.462 e. The Bertz CT molecular complexity index is 1400. The number of cyclic esters (lactones) is 1. The van der Waals surface area contributed by atoms with Gasteiger partial charge in [-0.3, -0.25) is 4.79 Å². The Morgan fingerprint density at radius 3 is 2.67 bits per heavy atom. The lowest BCUT2D eigenvalue weighted by Crippen LogP contribution is -2.33. The first-order valence-electron chi connectivity index (χ1n) is 13.3. The zero-order valence-corrected chi connectivity index (χ0v) is 22.0. The summed E-state index contributed by atoms with van der Waals surface area (Å²) in [5, 5.41) is 13.4. The summed E-state index contributed by atoms with van der Waals surface area (Å²) in [7, 11) is 0. The average Bonchev–Trinajstić information content (AvgIpc) is 3.29. The normalized spacial score (nSPS) is 21.1. The van der Waals surface area contributed by atoms with Crippen LogP contribution in [-0.2, 0) is 16.1 Å². The van der Waals surface area contributed by atoms with Gasteiger partial charge in [0.15, 0.2) is 0 Å². The molecule has 1 aliphatic heterocycles. The number of hydrogen-bond acceptors (Lipinski definition) is 6. The fraction of sp³-hybridized carbons (Fsp3) is 0.367. The minimum absolute atomic E-state index is 0.0180. The smallest absolute Gasteiger partial charge is 0.308 e. The van der Waals surface area contributed by atoms with E-state index in [1.807, 2.05) is 12.1 Å². The predicted octanol–water partition coefficient (Wildman–Crippen LogP) is 5.93. The summed E-state index contributed by atoms with van der Waals surface area (Å²) < 4.78 is 34.9. The molecule has 39 heavy (non-hydrogen) atoms. The fourth-order valence-corrected chi connectivity index (χ4v) is 5.10. The summed E-state index contributed by atoms with van der Waals surface area (Å²) in [5.74, 6) is 0.575. The second-order valence-corrected chi connectivity index (χ2v) is 10.3. The number of aliphatic hydroxyl groups is 1. The van der Waals surface area contributed by atoms with Gasteiger partial charge in [0.1, 0.15) is 29.4 Å². The highest BCUT2D eigenvalue weighted by atomic mass is 19.1. The van der Waals surface area contributed by atoms with Crippen molar-refractivity contribution in [1.29, 1.82) is 0 Å². The number of aromatic nitrogens is 3. The van der Waals surface area contributed by atoms with Gasteiger partial charge in [0.2, 0.25) is 0 Å². The molecule has 3 heterocycles. The topological polar surface area (TPSA) is 89.3 Å². The van der Waals surface area contributed by atoms with E-state index >= 15 is 0 Å². The van der Waals surface area contributed by atoms with Crippen LogP contribution in [0.4, 0.5) is 14.6 Å². The van der Waals surface area contributed by atoms with Crippen molar-refractivity contribution in [3.8, 4) is 22.5 Å². The minimum atomic E-state index is -0.705. The number of anilines is 1. The van der Waals surface area contributed by atoms with E-state index in [-0.39, 0.29) is 30.0 Å². The molecule has 1 unspecified atom stereocenters. The molecule has 5 rings (SSSR count). The maximum atomic E-state index is 13.8. The molecule has 0 amide bonds. The van der Waals surface area contributed by atoms with Crippen LogP contribution in [0.15, 0.2) is 66.6 Å². The van der Waals surface area contributed by atoms with E-state index in [1.54, 1.807) is 24.4 Å². The van der Waals surface area contributed by atoms with Crippen LogP contribution in [0, 0.1) is 5.82 Å². The second-order valence-electron chi connectivity index (χ2n) is 10.3. The highest BCUT2D eigenvalue weighted by molar-refractivity contribution is 5.80. The summed E-state index contributed by atoms with van der Waals surface area (Å²) in [6.45, 7) is 4.62. The quantitative estimate of drug-likeness (QED) is 0.349. The zero-order valence-electron chi connectivity index (χ0n) is 22.0. The molecule has 1 saturated heterocycles. The van der Waals surface area contributed by atoms with Crippen molar-refractivity contribution in [2.24, 2.45) is 0 Å². The molecule has 2 N–H and O–H groups in total. The van der Waals surface area contributed by atoms with Crippen LogP contribution in [0.2, 0.25) is 0 Å². The van der Waals surface area contributed by atoms with Crippen LogP contribution >= 0.6 is 0 Å². The van der Waals surface area contributed by atoms with Crippen LogP contribution < -0.4 is 5.32 Å². The zero-order chi connectivity index (χ0) is 27.5. The number of benzene rings is 1. The number of pyridine rings is 1. The van der Waals surface area contributed by atoms with Crippen molar-refractivity contribution in [3.05, 3.63) is 78.3 Å². The van der Waals surface area contributed by atoms with Gasteiger partial charge in [0, 0.05) is 48.7 Å². The van der Waals surface area contributed by atoms with Crippen LogP contribution in [-0.4, -0.2) is 43.9 Å². The molecule has 2 aliphatic rings. The molecule has 9 heteroatoms. The molecule has 0 saturated carbocycles. The fourth-order valence-electron chi connectivity index (χ4n) is 5.10. The molecule has 0 radical (unpaired) electrons. The summed E-state index contributed by atoms with van der Waals surface area (Å²) in [6, 6.07) is 9.99. The first kappa shape index (κ1) is 26.7. The van der Waals surface area contributed by atoms with Gasteiger partial charge >= 0.3 is 5.97 Å². The Morgan fingerprint density at radius 1 is 1.18 bits per heavy atom. The molecule has 2 aromatic heterocycles. The summed E-state index contributed by atoms with van der Waals surface area (Å²) in [4.78, 5) is 21.4. The average molecular weight is 535 g/mol. The first-order valence-corrected chi connectivity index (χ1v) is 13.3. The van der Waals surface area contributed by atoms with Crippen molar-refractivity contribution in [2.75, 3.05) is 5.32 Å². The number of allylic oxidation sites excluding steroid dienone is 2. The summed E-state index contributed by atoms with van der Waals surface area (Å²) in [5.41, 5.74) is 3.17. The Labute approximate surface area is 226 Å². The SMILES string of the molecule is CC(C)c1nc(-c2ccc(F)cc2)c(-c2ccnc(NC3C=CC(F)=CC3)c2)n1CC[C@@H]1C[C@@H](O)CC(=O)O1. The van der Waals surface area contributed by atoms with Gasteiger partial charge in [-0.25, -0.2) is 18.7 Å². The van der Waals surface area contributed by atoms with E-state index in [0.717, 1.165) is 22.6 Å². The molecule has 1 fully saturated rings. The first-order chi connectivity index (χ1) is 18.8. The third kappa shape index (κ3) is 6.25. The molecule has 0 bridgehead atoms. The third-order valence-electron chi connectivity index (χ3n) is 6.96. The van der Waals surface area contributed by atoms with Crippen LogP contribution in [0.1, 0.15) is 51.3 Å². The lowest BCUT2D eigenvalue weighted by Gasteiger charge is -2.26. The second kappa shape index (κ2) is 11.5. The van der Waals surface area contributed by atoms with Gasteiger partial charge in [-0.05, 0) is 55.0 Å². The van der Waals surface area contributed by atoms with Gasteiger partial charge in [0.05, 0.1) is 23.9 Å². The number of hydrogen-bond donors (Lipinski definition) is 2. The van der Waals surface area contributed by atoms with Crippen LogP contribution in [0.25, 0.3) is 22.5 Å². The van der Waals surface area contributed by atoms with E-state index in [9.17, 15) is 18.7 Å². The Hall–Kier alpha value is -3.85. The van der Waals surface area contributed by atoms with Crippen molar-refractivity contribution in [2.45, 2.75) is 70.2 Å². The number of nitrogens with one attached hydrogen (secondary N) is 1. The van der Waals surface area contributed by atoms with E-state index in [2.05, 4.69) is 28.7 Å². The minimum Gasteiger partial charge on any atom is -0.462 e. The van der Waals surface area contributed by atoms with Crippen LogP contribution in [0.5, 0.6) is 0 Å². The molecule has 204 valence electrons. The molecule has 1 aliphatic carbocycles. The number of esters is 1. The molecule has 1 aromatic carbocycles. The number of aliphatic hydroxyl groups excluding tert-OH is 1. The van der Waals surface area contributed by atoms with Crippen molar-refractivity contribution in [3.63, 3.8) is 0 Å². The monoisotopic (exact) mass is 534 g/mol. The number of carbonyl (C=O) groups is 1. The van der Waals surface area contributed by atoms with Crippen molar-refractivity contribution >= 4 is 11.8 Å². The van der Waals surface area contributed by atoms with Crippen molar-refractivity contribution < 1.29 is 23.4 Å². The highest BCUT2D eigenvalue weighted by Crippen LogP contribution is 2.36. The molecule has 0 spiro atoms. The van der Waals surface area contributed by atoms with E-state index in [0.29, 0.717) is 37.3 Å². The van der Waals surface area contributed by atoms with Crippen LogP contribution in [0.3, 0.4) is 0 Å². The van der Waals surface area contributed by atoms with Crippen molar-refractivity contribution in [1.82, 2.24) is 14.5 Å². The van der Waals surface area contributed by atoms with E-state index in [4.69, 9.17) is 9.72 Å². The van der Waals surface area contributed by atoms with E-state index < -0.39 is 18.2 Å². The van der Waals surface area contributed by atoms with Gasteiger partial charge in [-0.1, -0.05) is 19.9 Å². The Morgan fingerprint density at radius 2 is 1.97 bits per heavy atom. The number of rotatable bonds is 8. The van der Waals surface area contributed by atoms with Gasteiger partial charge in [-0.2, -0.15) is 0 Å². The summed E-state index contributed by atoms with van der Waals surface area (Å²) >= 11 is 0. The van der Waals surface area contributed by atoms with Gasteiger partial charge < -0.3 is 19.7 Å². The Balaban J connectivity index is 1.54. The molecular formula is C30H32F2N4O3. The standard InChI is InChI=1S/C30H32F2N4O3/c1-18(2)30-35-28(19-3-5-21(31)6-4-19)29(36(30)14-12-25-16-24(37)17-27(38)39-25)20-11-13-33-26(15-20)34-23-9-7-22(32)8-10-23/h3-9,11,13,15,18,23-25,37H,10,12,14,16-17H2,1-2H3,(H,33,34)/t23?,24-,25-/m1/s1. The third-order valence-corrected chi connectivity index (χ3v) is 6.96.